The molecule has 42 heavy (non-hydrogen) atoms. The summed E-state index contributed by atoms with van der Waals surface area (Å²) in [5.74, 6) is -2.52. The lowest BCUT2D eigenvalue weighted by Crippen LogP contribution is -2.15. The van der Waals surface area contributed by atoms with Gasteiger partial charge in [0.1, 0.15) is 0 Å². The highest BCUT2D eigenvalue weighted by Crippen LogP contribution is 2.24. The summed E-state index contributed by atoms with van der Waals surface area (Å²) >= 11 is 0. The third kappa shape index (κ3) is 6.66. The number of benzene rings is 4. The molecule has 0 atom stereocenters. The standard InChI is InChI=1S/C29H20N4O9/c34-16-21-14-17(1-11-25(21)30-27(35)19-3-7-22(8-4-19)32(39)40)13-18-2-12-26(24(15-18)29(37)38)31-28(36)20-5-9-23(10-6-20)33(41)42/h1-12,14-16H,13H2,(H,30,35)(H,31,36)(H,37,38). The minimum atomic E-state index is -1.30. The topological polar surface area (TPSA) is 199 Å². The first kappa shape index (κ1) is 28.8. The first-order valence-electron chi connectivity index (χ1n) is 12.1. The van der Waals surface area contributed by atoms with Gasteiger partial charge >= 0.3 is 5.97 Å². The van der Waals surface area contributed by atoms with E-state index < -0.39 is 27.6 Å². The first-order chi connectivity index (χ1) is 20.0. The summed E-state index contributed by atoms with van der Waals surface area (Å²) in [5, 5.41) is 36.5. The molecule has 0 spiro atoms. The Balaban J connectivity index is 1.49. The zero-order valence-electron chi connectivity index (χ0n) is 21.5. The van der Waals surface area contributed by atoms with Crippen molar-refractivity contribution in [2.24, 2.45) is 0 Å². The fraction of sp³-hybridized carbons (Fsp3) is 0.0345. The molecule has 4 aromatic carbocycles. The third-order valence-corrected chi connectivity index (χ3v) is 6.14. The SMILES string of the molecule is O=Cc1cc(Cc2ccc(NC(=O)c3ccc([N+](=O)[O-])cc3)c(C(=O)O)c2)ccc1NC(=O)c1ccc([N+](=O)[O-])cc1. The zero-order valence-corrected chi connectivity index (χ0v) is 21.5. The van der Waals surface area contributed by atoms with Gasteiger partial charge < -0.3 is 15.7 Å². The molecule has 4 rings (SSSR count). The molecule has 0 aliphatic carbocycles. The van der Waals surface area contributed by atoms with Crippen LogP contribution >= 0.6 is 0 Å². The van der Waals surface area contributed by atoms with Gasteiger partial charge in [-0.3, -0.25) is 34.6 Å². The number of hydrogen-bond donors (Lipinski definition) is 3. The van der Waals surface area contributed by atoms with E-state index in [1.54, 1.807) is 12.1 Å². The van der Waals surface area contributed by atoms with Crippen molar-refractivity contribution in [3.05, 3.63) is 139 Å². The fourth-order valence-corrected chi connectivity index (χ4v) is 4.01. The smallest absolute Gasteiger partial charge is 0.337 e. The molecule has 3 N–H and O–H groups in total. The van der Waals surface area contributed by atoms with E-state index in [1.807, 2.05) is 0 Å². The highest BCUT2D eigenvalue weighted by Gasteiger charge is 2.17. The number of amides is 2. The molecule has 0 aliphatic heterocycles. The zero-order chi connectivity index (χ0) is 30.4. The van der Waals surface area contributed by atoms with E-state index >= 15 is 0 Å². The van der Waals surface area contributed by atoms with Crippen molar-refractivity contribution in [1.29, 1.82) is 0 Å². The van der Waals surface area contributed by atoms with Crippen LogP contribution in [0.5, 0.6) is 0 Å². The normalized spacial score (nSPS) is 10.4. The largest absolute Gasteiger partial charge is 0.478 e. The van der Waals surface area contributed by atoms with Gasteiger partial charge in [0.05, 0.1) is 26.8 Å². The number of nitro groups is 2. The van der Waals surface area contributed by atoms with Gasteiger partial charge in [-0.2, -0.15) is 0 Å². The lowest BCUT2D eigenvalue weighted by atomic mass is 9.99. The number of anilines is 2. The van der Waals surface area contributed by atoms with Gasteiger partial charge in [0.2, 0.25) is 0 Å². The van der Waals surface area contributed by atoms with Crippen molar-refractivity contribution in [2.75, 3.05) is 10.6 Å². The van der Waals surface area contributed by atoms with Crippen molar-refractivity contribution in [3.8, 4) is 0 Å². The molecule has 13 nitrogen and oxygen atoms in total. The number of carboxylic acid groups (broad SMARTS) is 1. The number of carboxylic acids is 1. The number of nitrogens with zero attached hydrogens (tertiary/aromatic N) is 2. The van der Waals surface area contributed by atoms with Crippen LogP contribution in [0.2, 0.25) is 0 Å². The number of rotatable bonds is 10. The molecule has 0 fully saturated rings. The van der Waals surface area contributed by atoms with Crippen molar-refractivity contribution in [3.63, 3.8) is 0 Å². The van der Waals surface area contributed by atoms with Gasteiger partial charge in [-0.15, -0.1) is 0 Å². The van der Waals surface area contributed by atoms with Crippen molar-refractivity contribution in [1.82, 2.24) is 0 Å². The Morgan fingerprint density at radius 2 is 1.14 bits per heavy atom. The van der Waals surface area contributed by atoms with E-state index in [-0.39, 0.29) is 51.4 Å². The van der Waals surface area contributed by atoms with Gasteiger partial charge in [0, 0.05) is 41.0 Å². The molecule has 0 radical (unpaired) electrons. The number of non-ortho nitro benzene ring substituents is 2. The van der Waals surface area contributed by atoms with Crippen LogP contribution in [-0.2, 0) is 6.42 Å². The maximum atomic E-state index is 12.6. The average Bonchev–Trinajstić information content (AvgIpc) is 2.98. The molecule has 4 aromatic rings. The monoisotopic (exact) mass is 568 g/mol. The Morgan fingerprint density at radius 3 is 1.60 bits per heavy atom. The number of nitro benzene ring substituents is 2. The molecule has 2 amide bonds. The fourth-order valence-electron chi connectivity index (χ4n) is 4.01. The molecule has 210 valence electrons. The van der Waals surface area contributed by atoms with E-state index in [9.17, 15) is 44.5 Å². The van der Waals surface area contributed by atoms with E-state index in [0.29, 0.717) is 17.4 Å². The quantitative estimate of drug-likeness (QED) is 0.132. The highest BCUT2D eigenvalue weighted by molar-refractivity contribution is 6.08. The number of aldehydes is 1. The minimum absolute atomic E-state index is 0.0208. The van der Waals surface area contributed by atoms with Crippen molar-refractivity contribution in [2.45, 2.75) is 6.42 Å². The van der Waals surface area contributed by atoms with Crippen LogP contribution in [0.15, 0.2) is 84.9 Å². The Labute approximate surface area is 236 Å². The summed E-state index contributed by atoms with van der Waals surface area (Å²) in [4.78, 5) is 69.3. The first-order valence-corrected chi connectivity index (χ1v) is 12.1. The highest BCUT2D eigenvalue weighted by atomic mass is 16.6. The Morgan fingerprint density at radius 1 is 0.690 bits per heavy atom. The van der Waals surface area contributed by atoms with Gasteiger partial charge in [0.15, 0.2) is 6.29 Å². The molecular formula is C29H20N4O9. The second-order valence-corrected chi connectivity index (χ2v) is 8.92. The second kappa shape index (κ2) is 12.3. The number of aromatic carboxylic acids is 1. The molecular weight excluding hydrogens is 548 g/mol. The van der Waals surface area contributed by atoms with E-state index in [2.05, 4.69) is 10.6 Å². The molecule has 0 heterocycles. The van der Waals surface area contributed by atoms with Gasteiger partial charge in [-0.1, -0.05) is 12.1 Å². The maximum Gasteiger partial charge on any atom is 0.337 e. The molecule has 0 aromatic heterocycles. The van der Waals surface area contributed by atoms with Crippen molar-refractivity contribution >= 4 is 46.8 Å². The van der Waals surface area contributed by atoms with Crippen LogP contribution < -0.4 is 10.6 Å². The van der Waals surface area contributed by atoms with Crippen LogP contribution in [0.4, 0.5) is 22.7 Å². The predicted molar refractivity (Wildman–Crippen MR) is 150 cm³/mol. The molecule has 0 bridgehead atoms. The van der Waals surface area contributed by atoms with Crippen molar-refractivity contribution < 1.29 is 34.1 Å². The Kier molecular flexibility index (Phi) is 8.42. The van der Waals surface area contributed by atoms with Crippen LogP contribution in [0.25, 0.3) is 0 Å². The molecule has 0 unspecified atom stereocenters. The molecule has 0 saturated carbocycles. The number of carbonyl (C=O) groups is 4. The summed E-state index contributed by atoms with van der Waals surface area (Å²) in [6, 6.07) is 18.9. The Bertz CT molecular complexity index is 1730. The summed E-state index contributed by atoms with van der Waals surface area (Å²) in [6.45, 7) is 0. The summed E-state index contributed by atoms with van der Waals surface area (Å²) in [6.07, 6.45) is 0.767. The van der Waals surface area contributed by atoms with Crippen LogP contribution in [0.1, 0.15) is 52.6 Å². The summed E-state index contributed by atoms with van der Waals surface area (Å²) < 4.78 is 0. The van der Waals surface area contributed by atoms with Gasteiger partial charge in [0.25, 0.3) is 23.2 Å². The average molecular weight is 568 g/mol. The molecule has 0 saturated heterocycles. The molecule has 0 aliphatic rings. The maximum absolute atomic E-state index is 12.6. The van der Waals surface area contributed by atoms with Crippen LogP contribution in [0, 0.1) is 20.2 Å². The second-order valence-electron chi connectivity index (χ2n) is 8.92. The van der Waals surface area contributed by atoms with E-state index in [4.69, 9.17) is 0 Å². The number of nitrogens with one attached hydrogen (secondary N) is 2. The minimum Gasteiger partial charge on any atom is -0.478 e. The summed E-state index contributed by atoms with van der Waals surface area (Å²) in [7, 11) is 0. The Hall–Kier alpha value is -6.24. The van der Waals surface area contributed by atoms with Gasteiger partial charge in [-0.05, 0) is 66.1 Å². The number of hydrogen-bond acceptors (Lipinski definition) is 8. The van der Waals surface area contributed by atoms with Gasteiger partial charge in [-0.25, -0.2) is 4.79 Å². The predicted octanol–water partition coefficient (Wildman–Crippen LogP) is 5.11. The lowest BCUT2D eigenvalue weighted by Gasteiger charge is -2.12. The number of carbonyl (C=O) groups excluding carboxylic acids is 3. The van der Waals surface area contributed by atoms with E-state index in [1.165, 1.54) is 60.7 Å². The molecule has 13 heteroatoms. The van der Waals surface area contributed by atoms with Crippen LogP contribution in [0.3, 0.4) is 0 Å². The van der Waals surface area contributed by atoms with Crippen LogP contribution in [-0.4, -0.2) is 39.0 Å². The van der Waals surface area contributed by atoms with E-state index in [0.717, 1.165) is 12.1 Å². The third-order valence-electron chi connectivity index (χ3n) is 6.14. The summed E-state index contributed by atoms with van der Waals surface area (Å²) in [5.41, 5.74) is 1.28. The lowest BCUT2D eigenvalue weighted by molar-refractivity contribution is -0.385.